The summed E-state index contributed by atoms with van der Waals surface area (Å²) in [5.74, 6) is -1.03. The second kappa shape index (κ2) is 10.4. The summed E-state index contributed by atoms with van der Waals surface area (Å²) in [5.41, 5.74) is 2.12. The van der Waals surface area contributed by atoms with Crippen molar-refractivity contribution >= 4 is 34.3 Å². The number of thiazole rings is 1. The Labute approximate surface area is 183 Å². The van der Waals surface area contributed by atoms with Crippen LogP contribution in [0.15, 0.2) is 54.0 Å². The van der Waals surface area contributed by atoms with Gasteiger partial charge in [-0.3, -0.25) is 24.7 Å². The lowest BCUT2D eigenvalue weighted by Gasteiger charge is -2.08. The molecule has 0 unspecified atom stereocenters. The number of carbonyl (C=O) groups is 3. The quantitative estimate of drug-likeness (QED) is 0.522. The standard InChI is InChI=1S/C22H22N4O4S/c1-14(2)12-30-19(27)11-24-20(28)15-6-8-16(9-7-15)21(29)26-22-25-18(13-31-22)17-5-3-4-10-23-17/h3-10,13-14H,11-12H2,1-2H3,(H,24,28)(H,25,26,29). The fourth-order valence-electron chi connectivity index (χ4n) is 2.47. The van der Waals surface area contributed by atoms with E-state index in [1.165, 1.54) is 35.6 Å². The van der Waals surface area contributed by atoms with Gasteiger partial charge in [0.2, 0.25) is 0 Å². The molecule has 0 saturated carbocycles. The van der Waals surface area contributed by atoms with Crippen LogP contribution in [-0.2, 0) is 9.53 Å². The zero-order valence-electron chi connectivity index (χ0n) is 17.1. The molecule has 0 aliphatic heterocycles. The molecule has 0 fully saturated rings. The Bertz CT molecular complexity index is 1050. The molecule has 0 bridgehead atoms. The highest BCUT2D eigenvalue weighted by molar-refractivity contribution is 7.14. The first kappa shape index (κ1) is 22.1. The average Bonchev–Trinajstić information content (AvgIpc) is 3.25. The second-order valence-electron chi connectivity index (χ2n) is 7.04. The predicted molar refractivity (Wildman–Crippen MR) is 118 cm³/mol. The molecule has 0 aliphatic rings. The van der Waals surface area contributed by atoms with Crippen molar-refractivity contribution in [2.24, 2.45) is 5.92 Å². The maximum atomic E-state index is 12.5. The first-order valence-electron chi connectivity index (χ1n) is 9.64. The van der Waals surface area contributed by atoms with Crippen molar-refractivity contribution in [2.75, 3.05) is 18.5 Å². The predicted octanol–water partition coefficient (Wildman–Crippen LogP) is 3.39. The molecule has 9 heteroatoms. The van der Waals surface area contributed by atoms with E-state index < -0.39 is 11.9 Å². The Morgan fingerprint density at radius 3 is 2.35 bits per heavy atom. The number of carbonyl (C=O) groups excluding carboxylic acids is 3. The van der Waals surface area contributed by atoms with Crippen LogP contribution < -0.4 is 10.6 Å². The van der Waals surface area contributed by atoms with E-state index in [0.717, 1.165) is 5.69 Å². The number of anilines is 1. The molecular formula is C22H22N4O4S. The number of pyridine rings is 1. The maximum Gasteiger partial charge on any atom is 0.325 e. The molecule has 3 aromatic rings. The first-order chi connectivity index (χ1) is 14.9. The van der Waals surface area contributed by atoms with E-state index in [1.54, 1.807) is 6.20 Å². The molecule has 31 heavy (non-hydrogen) atoms. The van der Waals surface area contributed by atoms with E-state index in [1.807, 2.05) is 37.4 Å². The van der Waals surface area contributed by atoms with Crippen LogP contribution in [0.2, 0.25) is 0 Å². The molecule has 0 aliphatic carbocycles. The van der Waals surface area contributed by atoms with Gasteiger partial charge in [0.15, 0.2) is 5.13 Å². The third-order valence-corrected chi connectivity index (χ3v) is 4.79. The summed E-state index contributed by atoms with van der Waals surface area (Å²) in [6.45, 7) is 3.95. The topological polar surface area (TPSA) is 110 Å². The number of ether oxygens (including phenoxy) is 1. The van der Waals surface area contributed by atoms with Gasteiger partial charge in [0.25, 0.3) is 11.8 Å². The Morgan fingerprint density at radius 1 is 1.00 bits per heavy atom. The molecule has 8 nitrogen and oxygen atoms in total. The Kier molecular flexibility index (Phi) is 7.45. The number of benzene rings is 1. The van der Waals surface area contributed by atoms with Gasteiger partial charge < -0.3 is 10.1 Å². The minimum atomic E-state index is -0.494. The van der Waals surface area contributed by atoms with Crippen molar-refractivity contribution in [1.29, 1.82) is 0 Å². The molecule has 2 N–H and O–H groups in total. The lowest BCUT2D eigenvalue weighted by atomic mass is 10.1. The summed E-state index contributed by atoms with van der Waals surface area (Å²) < 4.78 is 5.01. The monoisotopic (exact) mass is 438 g/mol. The molecule has 2 heterocycles. The minimum absolute atomic E-state index is 0.212. The van der Waals surface area contributed by atoms with Crippen LogP contribution in [-0.4, -0.2) is 40.9 Å². The molecule has 0 atom stereocenters. The molecule has 2 aromatic heterocycles. The normalized spacial score (nSPS) is 10.5. The lowest BCUT2D eigenvalue weighted by Crippen LogP contribution is -2.31. The number of amides is 2. The fraction of sp³-hybridized carbons (Fsp3) is 0.227. The van der Waals surface area contributed by atoms with Crippen molar-refractivity contribution in [1.82, 2.24) is 15.3 Å². The van der Waals surface area contributed by atoms with Crippen LogP contribution in [0.1, 0.15) is 34.6 Å². The molecule has 2 amide bonds. The van der Waals surface area contributed by atoms with Gasteiger partial charge in [-0.2, -0.15) is 0 Å². The fourth-order valence-corrected chi connectivity index (χ4v) is 3.17. The van der Waals surface area contributed by atoms with Crippen molar-refractivity contribution in [3.05, 3.63) is 65.2 Å². The third-order valence-electron chi connectivity index (χ3n) is 4.03. The van der Waals surface area contributed by atoms with Crippen molar-refractivity contribution < 1.29 is 19.1 Å². The number of hydrogen-bond acceptors (Lipinski definition) is 7. The minimum Gasteiger partial charge on any atom is -0.464 e. The van der Waals surface area contributed by atoms with Crippen LogP contribution in [0.25, 0.3) is 11.4 Å². The molecule has 1 aromatic carbocycles. The van der Waals surface area contributed by atoms with E-state index in [4.69, 9.17) is 4.74 Å². The summed E-state index contributed by atoms with van der Waals surface area (Å²) in [4.78, 5) is 44.8. The molecule has 160 valence electrons. The molecular weight excluding hydrogens is 416 g/mol. The number of rotatable bonds is 8. The Morgan fingerprint density at radius 2 is 1.71 bits per heavy atom. The highest BCUT2D eigenvalue weighted by atomic mass is 32.1. The van der Waals surface area contributed by atoms with E-state index >= 15 is 0 Å². The zero-order chi connectivity index (χ0) is 22.2. The van der Waals surface area contributed by atoms with Crippen molar-refractivity contribution in [3.63, 3.8) is 0 Å². The van der Waals surface area contributed by atoms with E-state index in [9.17, 15) is 14.4 Å². The summed E-state index contributed by atoms with van der Waals surface area (Å²) in [5, 5.41) is 7.51. The highest BCUT2D eigenvalue weighted by Gasteiger charge is 2.13. The van der Waals surface area contributed by atoms with Gasteiger partial charge >= 0.3 is 5.97 Å². The summed E-state index contributed by atoms with van der Waals surface area (Å²) in [7, 11) is 0. The largest absolute Gasteiger partial charge is 0.464 e. The highest BCUT2D eigenvalue weighted by Crippen LogP contribution is 2.23. The zero-order valence-corrected chi connectivity index (χ0v) is 17.9. The second-order valence-corrected chi connectivity index (χ2v) is 7.90. The first-order valence-corrected chi connectivity index (χ1v) is 10.5. The summed E-state index contributed by atoms with van der Waals surface area (Å²) in [6.07, 6.45) is 1.68. The summed E-state index contributed by atoms with van der Waals surface area (Å²) >= 11 is 1.30. The lowest BCUT2D eigenvalue weighted by molar-refractivity contribution is -0.143. The van der Waals surface area contributed by atoms with Crippen molar-refractivity contribution in [2.45, 2.75) is 13.8 Å². The van der Waals surface area contributed by atoms with Gasteiger partial charge in [0.1, 0.15) is 12.2 Å². The smallest absolute Gasteiger partial charge is 0.325 e. The SMILES string of the molecule is CC(C)COC(=O)CNC(=O)c1ccc(C(=O)Nc2nc(-c3ccccn3)cs2)cc1. The number of nitrogens with one attached hydrogen (secondary N) is 2. The third kappa shape index (κ3) is 6.45. The molecule has 0 radical (unpaired) electrons. The summed E-state index contributed by atoms with van der Waals surface area (Å²) in [6, 6.07) is 11.6. The molecule has 0 spiro atoms. The maximum absolute atomic E-state index is 12.5. The Hall–Kier alpha value is -3.59. The van der Waals surface area contributed by atoms with E-state index in [-0.39, 0.29) is 18.4 Å². The van der Waals surface area contributed by atoms with Gasteiger partial charge in [0.05, 0.1) is 12.3 Å². The van der Waals surface area contributed by atoms with Gasteiger partial charge in [-0.15, -0.1) is 11.3 Å². The van der Waals surface area contributed by atoms with Crippen LogP contribution >= 0.6 is 11.3 Å². The number of nitrogens with zero attached hydrogens (tertiary/aromatic N) is 2. The average molecular weight is 439 g/mol. The Balaban J connectivity index is 1.53. The van der Waals surface area contributed by atoms with Crippen LogP contribution in [0.3, 0.4) is 0 Å². The van der Waals surface area contributed by atoms with Gasteiger partial charge in [-0.1, -0.05) is 19.9 Å². The van der Waals surface area contributed by atoms with E-state index in [2.05, 4.69) is 20.6 Å². The number of esters is 1. The van der Waals surface area contributed by atoms with Crippen LogP contribution in [0, 0.1) is 5.92 Å². The molecule has 0 saturated heterocycles. The van der Waals surface area contributed by atoms with Gasteiger partial charge in [0, 0.05) is 22.7 Å². The van der Waals surface area contributed by atoms with Gasteiger partial charge in [-0.05, 0) is 42.3 Å². The van der Waals surface area contributed by atoms with Gasteiger partial charge in [-0.25, -0.2) is 4.98 Å². The molecule has 3 rings (SSSR count). The van der Waals surface area contributed by atoms with E-state index in [0.29, 0.717) is 28.6 Å². The van der Waals surface area contributed by atoms with Crippen molar-refractivity contribution in [3.8, 4) is 11.4 Å². The number of aromatic nitrogens is 2. The van der Waals surface area contributed by atoms with Crippen LogP contribution in [0.5, 0.6) is 0 Å². The number of hydrogen-bond donors (Lipinski definition) is 2. The van der Waals surface area contributed by atoms with Crippen LogP contribution in [0.4, 0.5) is 5.13 Å².